The van der Waals surface area contributed by atoms with Gasteiger partial charge in [0.05, 0.1) is 13.1 Å². The van der Waals surface area contributed by atoms with Crippen molar-refractivity contribution >= 4 is 29.0 Å². The highest BCUT2D eigenvalue weighted by atomic mass is 19.3. The van der Waals surface area contributed by atoms with Crippen LogP contribution in [0.5, 0.6) is 0 Å². The second-order valence-corrected chi connectivity index (χ2v) is 6.46. The van der Waals surface area contributed by atoms with Gasteiger partial charge in [-0.05, 0) is 37.1 Å². The Morgan fingerprint density at radius 1 is 1.28 bits per heavy atom. The fraction of sp³-hybridized carbons (Fsp3) is 0.353. The zero-order chi connectivity index (χ0) is 17.6. The number of hydrogen-bond acceptors (Lipinski definition) is 5. The lowest BCUT2D eigenvalue weighted by molar-refractivity contribution is -0.116. The van der Waals surface area contributed by atoms with Gasteiger partial charge in [-0.1, -0.05) is 0 Å². The Labute approximate surface area is 143 Å². The fourth-order valence-corrected chi connectivity index (χ4v) is 3.07. The maximum Gasteiger partial charge on any atom is 0.282 e. The predicted octanol–water partition coefficient (Wildman–Crippen LogP) is 2.87. The molecule has 0 bridgehead atoms. The first kappa shape index (κ1) is 15.7. The van der Waals surface area contributed by atoms with Crippen molar-refractivity contribution in [2.24, 2.45) is 0 Å². The second kappa shape index (κ2) is 5.65. The topological polar surface area (TPSA) is 70.1 Å². The molecule has 1 amide bonds. The maximum atomic E-state index is 13.1. The lowest BCUT2D eigenvalue weighted by Crippen LogP contribution is -2.57. The minimum Gasteiger partial charge on any atom is -0.344 e. The smallest absolute Gasteiger partial charge is 0.282 e. The molecule has 3 heterocycles. The van der Waals surface area contributed by atoms with Crippen molar-refractivity contribution in [1.82, 2.24) is 9.97 Å². The normalized spacial score (nSPS) is 18.2. The van der Waals surface area contributed by atoms with Crippen LogP contribution >= 0.6 is 0 Å². The van der Waals surface area contributed by atoms with E-state index in [0.717, 1.165) is 22.5 Å². The molecule has 130 valence electrons. The number of amides is 1. The summed E-state index contributed by atoms with van der Waals surface area (Å²) in [4.78, 5) is 21.6. The van der Waals surface area contributed by atoms with E-state index in [1.165, 1.54) is 0 Å². The summed E-state index contributed by atoms with van der Waals surface area (Å²) in [5.74, 6) is -1.75. The highest BCUT2D eigenvalue weighted by molar-refractivity contribution is 5.94. The van der Waals surface area contributed by atoms with Crippen molar-refractivity contribution < 1.29 is 13.6 Å². The average molecular weight is 345 g/mol. The molecule has 1 saturated heterocycles. The van der Waals surface area contributed by atoms with Gasteiger partial charge in [-0.2, -0.15) is 4.98 Å². The summed E-state index contributed by atoms with van der Waals surface area (Å²) < 4.78 is 26.2. The van der Waals surface area contributed by atoms with Crippen LogP contribution in [0.15, 0.2) is 24.4 Å². The molecule has 0 spiro atoms. The van der Waals surface area contributed by atoms with Crippen molar-refractivity contribution in [2.75, 3.05) is 28.6 Å². The van der Waals surface area contributed by atoms with Gasteiger partial charge in [-0.15, -0.1) is 0 Å². The molecule has 2 aliphatic rings. The number of nitrogens with zero attached hydrogens (tertiary/aromatic N) is 3. The molecule has 1 aromatic carbocycles. The van der Waals surface area contributed by atoms with Gasteiger partial charge < -0.3 is 15.5 Å². The van der Waals surface area contributed by atoms with Crippen LogP contribution in [0.3, 0.4) is 0 Å². The lowest BCUT2D eigenvalue weighted by Gasteiger charge is -2.40. The van der Waals surface area contributed by atoms with Gasteiger partial charge in [0.15, 0.2) is 0 Å². The van der Waals surface area contributed by atoms with Crippen LogP contribution in [-0.4, -0.2) is 34.9 Å². The Kier molecular flexibility index (Phi) is 3.55. The third-order valence-electron chi connectivity index (χ3n) is 4.35. The first-order valence-electron chi connectivity index (χ1n) is 8.06. The number of aromatic nitrogens is 2. The standard InChI is InChI=1S/C17H17F2N5O/c1-10-7-20-16(23-15(10)24-8-17(18,19)9-24)21-12-3-4-13-11(6-12)2-5-14(25)22-13/h3-4,6-7H,2,5,8-9H2,1H3,(H,22,25)(H,20,21,23). The first-order valence-corrected chi connectivity index (χ1v) is 8.06. The minimum atomic E-state index is -2.64. The van der Waals surface area contributed by atoms with Crippen LogP contribution in [-0.2, 0) is 11.2 Å². The predicted molar refractivity (Wildman–Crippen MR) is 90.6 cm³/mol. The van der Waals surface area contributed by atoms with Crippen molar-refractivity contribution in [3.8, 4) is 0 Å². The van der Waals surface area contributed by atoms with E-state index in [-0.39, 0.29) is 19.0 Å². The summed E-state index contributed by atoms with van der Waals surface area (Å²) in [6.07, 6.45) is 2.77. The Morgan fingerprint density at radius 2 is 2.08 bits per heavy atom. The Morgan fingerprint density at radius 3 is 2.84 bits per heavy atom. The first-order chi connectivity index (χ1) is 11.9. The van der Waals surface area contributed by atoms with E-state index < -0.39 is 5.92 Å². The Hall–Kier alpha value is -2.77. The van der Waals surface area contributed by atoms with E-state index in [0.29, 0.717) is 24.6 Å². The summed E-state index contributed by atoms with van der Waals surface area (Å²) in [6, 6.07) is 5.60. The van der Waals surface area contributed by atoms with Gasteiger partial charge in [-0.25, -0.2) is 13.8 Å². The zero-order valence-electron chi connectivity index (χ0n) is 13.6. The van der Waals surface area contributed by atoms with Crippen molar-refractivity contribution in [3.05, 3.63) is 35.5 Å². The quantitative estimate of drug-likeness (QED) is 0.895. The van der Waals surface area contributed by atoms with Crippen LogP contribution in [0, 0.1) is 6.92 Å². The Bertz CT molecular complexity index is 847. The largest absolute Gasteiger partial charge is 0.344 e. The number of hydrogen-bond donors (Lipinski definition) is 2. The monoisotopic (exact) mass is 345 g/mol. The number of rotatable bonds is 3. The number of halogens is 2. The summed E-state index contributed by atoms with van der Waals surface area (Å²) in [6.45, 7) is 1.17. The van der Waals surface area contributed by atoms with Gasteiger partial charge >= 0.3 is 0 Å². The van der Waals surface area contributed by atoms with Crippen LogP contribution in [0.25, 0.3) is 0 Å². The number of fused-ring (bicyclic) bond motifs is 1. The number of anilines is 4. The van der Waals surface area contributed by atoms with E-state index in [4.69, 9.17) is 0 Å². The molecule has 8 heteroatoms. The molecule has 2 aromatic rings. The molecule has 2 N–H and O–H groups in total. The molecule has 1 aromatic heterocycles. The molecular weight excluding hydrogens is 328 g/mol. The molecule has 0 atom stereocenters. The van der Waals surface area contributed by atoms with Crippen molar-refractivity contribution in [1.29, 1.82) is 0 Å². The number of carbonyl (C=O) groups is 1. The number of aryl methyl sites for hydroxylation is 2. The number of alkyl halides is 2. The summed E-state index contributed by atoms with van der Waals surface area (Å²) in [5, 5.41) is 5.94. The van der Waals surface area contributed by atoms with Crippen molar-refractivity contribution in [3.63, 3.8) is 0 Å². The van der Waals surface area contributed by atoms with Crippen LogP contribution < -0.4 is 15.5 Å². The third-order valence-corrected chi connectivity index (χ3v) is 4.35. The molecular formula is C17H17F2N5O. The lowest BCUT2D eigenvalue weighted by atomic mass is 10.0. The van der Waals surface area contributed by atoms with Gasteiger partial charge in [0.2, 0.25) is 11.9 Å². The fourth-order valence-electron chi connectivity index (χ4n) is 3.07. The van der Waals surface area contributed by atoms with E-state index >= 15 is 0 Å². The highest BCUT2D eigenvalue weighted by Crippen LogP contribution is 2.33. The summed E-state index contributed by atoms with van der Waals surface area (Å²) in [5.41, 5.74) is 3.40. The zero-order valence-corrected chi connectivity index (χ0v) is 13.6. The molecule has 25 heavy (non-hydrogen) atoms. The molecule has 0 radical (unpaired) electrons. The molecule has 4 rings (SSSR count). The SMILES string of the molecule is Cc1cnc(Nc2ccc3c(c2)CCC(=O)N3)nc1N1CC(F)(F)C1. The highest BCUT2D eigenvalue weighted by Gasteiger charge is 2.45. The van der Waals surface area contributed by atoms with Crippen LogP contribution in [0.2, 0.25) is 0 Å². The molecule has 0 saturated carbocycles. The van der Waals surface area contributed by atoms with E-state index in [1.54, 1.807) is 18.0 Å². The summed E-state index contributed by atoms with van der Waals surface area (Å²) in [7, 11) is 0. The summed E-state index contributed by atoms with van der Waals surface area (Å²) >= 11 is 0. The maximum absolute atomic E-state index is 13.1. The van der Waals surface area contributed by atoms with Gasteiger partial charge in [0, 0.05) is 29.6 Å². The molecule has 2 aliphatic heterocycles. The van der Waals surface area contributed by atoms with Gasteiger partial charge in [0.1, 0.15) is 5.82 Å². The third kappa shape index (κ3) is 3.11. The minimum absolute atomic E-state index is 0.0195. The average Bonchev–Trinajstić information content (AvgIpc) is 2.54. The second-order valence-electron chi connectivity index (χ2n) is 6.46. The Balaban J connectivity index is 1.54. The molecule has 1 fully saturated rings. The number of nitrogens with one attached hydrogen (secondary N) is 2. The molecule has 0 aliphatic carbocycles. The number of benzene rings is 1. The van der Waals surface area contributed by atoms with Crippen LogP contribution in [0.1, 0.15) is 17.5 Å². The van der Waals surface area contributed by atoms with Gasteiger partial charge in [-0.3, -0.25) is 4.79 Å². The van der Waals surface area contributed by atoms with E-state index in [2.05, 4.69) is 20.6 Å². The van der Waals surface area contributed by atoms with E-state index in [1.807, 2.05) is 18.2 Å². The molecule has 0 unspecified atom stereocenters. The van der Waals surface area contributed by atoms with E-state index in [9.17, 15) is 13.6 Å². The van der Waals surface area contributed by atoms with Crippen LogP contribution in [0.4, 0.5) is 31.9 Å². The van der Waals surface area contributed by atoms with Crippen molar-refractivity contribution in [2.45, 2.75) is 25.7 Å². The van der Waals surface area contributed by atoms with Gasteiger partial charge in [0.25, 0.3) is 5.92 Å². The molecule has 6 nitrogen and oxygen atoms in total. The number of carbonyl (C=O) groups excluding carboxylic acids is 1.